The molecule has 0 fully saturated rings. The molecule has 1 atom stereocenters. The summed E-state index contributed by atoms with van der Waals surface area (Å²) in [6.45, 7) is 5.82. The summed E-state index contributed by atoms with van der Waals surface area (Å²) in [5.74, 6) is -0.121. The van der Waals surface area contributed by atoms with E-state index in [4.69, 9.17) is 0 Å². The highest BCUT2D eigenvalue weighted by Gasteiger charge is 2.28. The van der Waals surface area contributed by atoms with Crippen molar-refractivity contribution in [1.82, 2.24) is 15.1 Å². The number of anilines is 1. The Morgan fingerprint density at radius 3 is 2.90 bits per heavy atom. The Balaban J connectivity index is 1.46. The summed E-state index contributed by atoms with van der Waals surface area (Å²) in [4.78, 5) is 12.7. The van der Waals surface area contributed by atoms with E-state index in [0.717, 1.165) is 35.2 Å². The number of halogens is 1. The molecule has 6 heteroatoms. The zero-order chi connectivity index (χ0) is 20.4. The van der Waals surface area contributed by atoms with Gasteiger partial charge in [0, 0.05) is 24.8 Å². The molecule has 0 bridgehead atoms. The van der Waals surface area contributed by atoms with Crippen molar-refractivity contribution in [2.24, 2.45) is 5.92 Å². The van der Waals surface area contributed by atoms with Gasteiger partial charge >= 0.3 is 0 Å². The van der Waals surface area contributed by atoms with Crippen molar-refractivity contribution < 1.29 is 9.18 Å². The number of hydrogen-bond acceptors (Lipinski definition) is 3. The maximum Gasteiger partial charge on any atom is 0.246 e. The lowest BCUT2D eigenvalue weighted by Crippen LogP contribution is -2.28. The lowest BCUT2D eigenvalue weighted by molar-refractivity contribution is -0.118. The third kappa shape index (κ3) is 4.22. The Kier molecular flexibility index (Phi) is 5.45. The largest absolute Gasteiger partial charge is 0.322 e. The maximum atomic E-state index is 14.7. The molecule has 0 spiro atoms. The Morgan fingerprint density at radius 1 is 1.28 bits per heavy atom. The van der Waals surface area contributed by atoms with Crippen molar-refractivity contribution in [2.45, 2.75) is 39.4 Å². The number of benzene rings is 2. The third-order valence-corrected chi connectivity index (χ3v) is 5.25. The van der Waals surface area contributed by atoms with Crippen LogP contribution in [0.5, 0.6) is 0 Å². The van der Waals surface area contributed by atoms with Crippen molar-refractivity contribution in [3.63, 3.8) is 0 Å². The van der Waals surface area contributed by atoms with Crippen molar-refractivity contribution in [2.75, 3.05) is 5.32 Å². The van der Waals surface area contributed by atoms with Gasteiger partial charge in [0.1, 0.15) is 11.9 Å². The average molecular weight is 392 g/mol. The SMILES string of the molecule is CC(C)CCn1cc(-c2ccc(NC(=O)C3NCc4ccccc43)c(F)c2)cn1. The van der Waals surface area contributed by atoms with Crippen LogP contribution in [0.3, 0.4) is 0 Å². The first-order valence-corrected chi connectivity index (χ1v) is 9.95. The quantitative estimate of drug-likeness (QED) is 0.649. The minimum absolute atomic E-state index is 0.178. The molecule has 150 valence electrons. The summed E-state index contributed by atoms with van der Waals surface area (Å²) in [7, 11) is 0. The Bertz CT molecular complexity index is 1030. The minimum atomic E-state index is -0.468. The zero-order valence-corrected chi connectivity index (χ0v) is 16.7. The molecule has 2 heterocycles. The van der Waals surface area contributed by atoms with E-state index in [2.05, 4.69) is 29.6 Å². The smallest absolute Gasteiger partial charge is 0.246 e. The molecule has 0 saturated heterocycles. The van der Waals surface area contributed by atoms with Crippen LogP contribution in [0.2, 0.25) is 0 Å². The van der Waals surface area contributed by atoms with Gasteiger partial charge in [-0.2, -0.15) is 5.10 Å². The third-order valence-electron chi connectivity index (χ3n) is 5.25. The van der Waals surface area contributed by atoms with E-state index in [1.165, 1.54) is 6.07 Å². The van der Waals surface area contributed by atoms with Gasteiger partial charge in [-0.1, -0.05) is 44.2 Å². The summed E-state index contributed by atoms with van der Waals surface area (Å²) in [5.41, 5.74) is 3.81. The number of nitrogens with zero attached hydrogens (tertiary/aromatic N) is 2. The number of carbonyl (C=O) groups excluding carboxylic acids is 1. The Morgan fingerprint density at radius 2 is 2.10 bits per heavy atom. The standard InChI is InChI=1S/C23H25FN4O/c1-15(2)9-10-28-14-18(13-26-28)16-7-8-21(20(24)11-16)27-23(29)22-19-6-4-3-5-17(19)12-25-22/h3-8,11,13-15,22,25H,9-10,12H2,1-2H3,(H,27,29). The first-order chi connectivity index (χ1) is 14.0. The number of rotatable bonds is 6. The van der Waals surface area contributed by atoms with Crippen LogP contribution in [0.15, 0.2) is 54.9 Å². The Labute approximate surface area is 169 Å². The van der Waals surface area contributed by atoms with Gasteiger partial charge in [0.15, 0.2) is 0 Å². The lowest BCUT2D eigenvalue weighted by atomic mass is 10.0. The first kappa shape index (κ1) is 19.3. The van der Waals surface area contributed by atoms with E-state index in [1.54, 1.807) is 18.3 Å². The maximum absolute atomic E-state index is 14.7. The average Bonchev–Trinajstić information content (AvgIpc) is 3.35. The van der Waals surface area contributed by atoms with Crippen LogP contribution in [0, 0.1) is 11.7 Å². The molecule has 0 radical (unpaired) electrons. The molecular formula is C23H25FN4O. The number of aryl methyl sites for hydroxylation is 1. The number of nitrogens with one attached hydrogen (secondary N) is 2. The monoisotopic (exact) mass is 392 g/mol. The molecule has 29 heavy (non-hydrogen) atoms. The predicted molar refractivity (Wildman–Crippen MR) is 112 cm³/mol. The van der Waals surface area contributed by atoms with Crippen molar-refractivity contribution in [1.29, 1.82) is 0 Å². The second kappa shape index (κ2) is 8.17. The van der Waals surface area contributed by atoms with Gasteiger partial charge in [0.2, 0.25) is 5.91 Å². The Hall–Kier alpha value is -2.99. The number of aromatic nitrogens is 2. The topological polar surface area (TPSA) is 59.0 Å². The summed E-state index contributed by atoms with van der Waals surface area (Å²) in [6, 6.07) is 12.2. The van der Waals surface area contributed by atoms with Gasteiger partial charge < -0.3 is 5.32 Å². The fraction of sp³-hybridized carbons (Fsp3) is 0.304. The molecule has 3 aromatic rings. The highest BCUT2D eigenvalue weighted by Crippen LogP contribution is 2.28. The fourth-order valence-electron chi connectivity index (χ4n) is 3.56. The molecule has 1 aliphatic rings. The number of carbonyl (C=O) groups is 1. The molecule has 5 nitrogen and oxygen atoms in total. The van der Waals surface area contributed by atoms with Crippen molar-refractivity contribution in [3.05, 3.63) is 71.8 Å². The van der Waals surface area contributed by atoms with E-state index in [0.29, 0.717) is 12.5 Å². The van der Waals surface area contributed by atoms with E-state index in [1.807, 2.05) is 35.1 Å². The lowest BCUT2D eigenvalue weighted by Gasteiger charge is -2.13. The summed E-state index contributed by atoms with van der Waals surface area (Å²) in [5, 5.41) is 10.2. The van der Waals surface area contributed by atoms with E-state index >= 15 is 0 Å². The normalized spacial score (nSPS) is 15.5. The molecule has 2 N–H and O–H groups in total. The van der Waals surface area contributed by atoms with Gasteiger partial charge in [-0.3, -0.25) is 14.8 Å². The molecule has 1 amide bonds. The minimum Gasteiger partial charge on any atom is -0.322 e. The van der Waals surface area contributed by atoms with Crippen LogP contribution in [0.4, 0.5) is 10.1 Å². The molecule has 1 aromatic heterocycles. The number of hydrogen-bond donors (Lipinski definition) is 2. The second-order valence-corrected chi connectivity index (χ2v) is 7.87. The molecule has 2 aromatic carbocycles. The molecule has 0 aliphatic carbocycles. The fourth-order valence-corrected chi connectivity index (χ4v) is 3.56. The molecule has 4 rings (SSSR count). The molecule has 1 aliphatic heterocycles. The summed E-state index contributed by atoms with van der Waals surface area (Å²) < 4.78 is 16.6. The molecule has 1 unspecified atom stereocenters. The van der Waals surface area contributed by atoms with E-state index in [-0.39, 0.29) is 11.6 Å². The zero-order valence-electron chi connectivity index (χ0n) is 16.7. The van der Waals surface area contributed by atoms with Crippen LogP contribution in [-0.2, 0) is 17.9 Å². The highest BCUT2D eigenvalue weighted by atomic mass is 19.1. The van der Waals surface area contributed by atoms with Crippen molar-refractivity contribution >= 4 is 11.6 Å². The molecule has 0 saturated carbocycles. The van der Waals surface area contributed by atoms with E-state index < -0.39 is 11.9 Å². The van der Waals surface area contributed by atoms with Gasteiger partial charge in [0.25, 0.3) is 0 Å². The molecular weight excluding hydrogens is 367 g/mol. The van der Waals surface area contributed by atoms with Crippen LogP contribution < -0.4 is 10.6 Å². The van der Waals surface area contributed by atoms with Crippen LogP contribution in [0.1, 0.15) is 37.4 Å². The van der Waals surface area contributed by atoms with Crippen LogP contribution >= 0.6 is 0 Å². The summed E-state index contributed by atoms with van der Waals surface area (Å²) >= 11 is 0. The number of amides is 1. The van der Waals surface area contributed by atoms with E-state index in [9.17, 15) is 9.18 Å². The highest BCUT2D eigenvalue weighted by molar-refractivity contribution is 5.96. The second-order valence-electron chi connectivity index (χ2n) is 7.87. The van der Waals surface area contributed by atoms with Gasteiger partial charge in [0.05, 0.1) is 11.9 Å². The predicted octanol–water partition coefficient (Wildman–Crippen LogP) is 4.52. The van der Waals surface area contributed by atoms with Gasteiger partial charge in [-0.05, 0) is 41.2 Å². The van der Waals surface area contributed by atoms with Crippen LogP contribution in [0.25, 0.3) is 11.1 Å². The first-order valence-electron chi connectivity index (χ1n) is 9.95. The summed E-state index contributed by atoms with van der Waals surface area (Å²) in [6.07, 6.45) is 4.71. The van der Waals surface area contributed by atoms with Crippen LogP contribution in [-0.4, -0.2) is 15.7 Å². The van der Waals surface area contributed by atoms with Crippen molar-refractivity contribution in [3.8, 4) is 11.1 Å². The van der Waals surface area contributed by atoms with Gasteiger partial charge in [-0.25, -0.2) is 4.39 Å². The number of fused-ring (bicyclic) bond motifs is 1. The van der Waals surface area contributed by atoms with Gasteiger partial charge in [-0.15, -0.1) is 0 Å².